The molecule has 0 spiro atoms. The van der Waals surface area contributed by atoms with E-state index >= 15 is 0 Å². The summed E-state index contributed by atoms with van der Waals surface area (Å²) in [6.45, 7) is 3.94. The van der Waals surface area contributed by atoms with Crippen molar-refractivity contribution < 1.29 is 17.3 Å². The van der Waals surface area contributed by atoms with Crippen molar-refractivity contribution in [3.05, 3.63) is 41.3 Å². The molecule has 1 atom stereocenters. The van der Waals surface area contributed by atoms with Crippen molar-refractivity contribution in [3.63, 3.8) is 0 Å². The van der Waals surface area contributed by atoms with Gasteiger partial charge in [-0.05, 0) is 38.0 Å². The van der Waals surface area contributed by atoms with E-state index in [-0.39, 0.29) is 17.4 Å². The zero-order valence-corrected chi connectivity index (χ0v) is 13.1. The van der Waals surface area contributed by atoms with Crippen molar-refractivity contribution in [2.45, 2.75) is 31.1 Å². The molecular formula is C14H16FN3O3S. The first kappa shape index (κ1) is 15.1. The van der Waals surface area contributed by atoms with Crippen LogP contribution in [-0.2, 0) is 10.0 Å². The predicted molar refractivity (Wildman–Crippen MR) is 76.3 cm³/mol. The molecule has 8 heteroatoms. The van der Waals surface area contributed by atoms with Gasteiger partial charge in [-0.15, -0.1) is 0 Å². The van der Waals surface area contributed by atoms with Gasteiger partial charge < -0.3 is 4.52 Å². The van der Waals surface area contributed by atoms with Gasteiger partial charge >= 0.3 is 0 Å². The molecule has 2 heterocycles. The summed E-state index contributed by atoms with van der Waals surface area (Å²) in [6.07, 6.45) is 0.578. The number of rotatable bonds is 3. The second-order valence-electron chi connectivity index (χ2n) is 5.46. The van der Waals surface area contributed by atoms with Crippen LogP contribution < -0.4 is 0 Å². The third-order valence-corrected chi connectivity index (χ3v) is 5.65. The smallest absolute Gasteiger partial charge is 0.246 e. The van der Waals surface area contributed by atoms with Crippen molar-refractivity contribution in [1.82, 2.24) is 14.4 Å². The molecule has 3 rings (SSSR count). The van der Waals surface area contributed by atoms with E-state index in [0.29, 0.717) is 30.2 Å². The summed E-state index contributed by atoms with van der Waals surface area (Å²) in [5.41, 5.74) is 0.678. The van der Waals surface area contributed by atoms with E-state index < -0.39 is 15.8 Å². The zero-order valence-electron chi connectivity index (χ0n) is 12.3. The Hall–Kier alpha value is -1.80. The lowest BCUT2D eigenvalue weighted by Gasteiger charge is -2.16. The van der Waals surface area contributed by atoms with Crippen LogP contribution in [0.25, 0.3) is 0 Å². The second kappa shape index (κ2) is 5.44. The van der Waals surface area contributed by atoms with E-state index in [1.165, 1.54) is 16.4 Å². The molecule has 1 aliphatic heterocycles. The Bertz CT molecular complexity index is 803. The SMILES string of the molecule is Cc1ccc(S(=O)(=O)N2CC[C@@H](c3nc(C)no3)C2)c(F)c1. The Morgan fingerprint density at radius 3 is 2.77 bits per heavy atom. The number of aromatic nitrogens is 2. The minimum Gasteiger partial charge on any atom is -0.339 e. The Morgan fingerprint density at radius 2 is 2.14 bits per heavy atom. The first-order valence-corrected chi connectivity index (χ1v) is 8.38. The van der Waals surface area contributed by atoms with E-state index in [1.807, 2.05) is 0 Å². The van der Waals surface area contributed by atoms with Gasteiger partial charge in [0.05, 0.1) is 5.92 Å². The normalized spacial score (nSPS) is 19.7. The van der Waals surface area contributed by atoms with Gasteiger partial charge in [-0.2, -0.15) is 9.29 Å². The Kier molecular flexibility index (Phi) is 3.73. The van der Waals surface area contributed by atoms with Crippen molar-refractivity contribution in [2.75, 3.05) is 13.1 Å². The number of hydrogen-bond donors (Lipinski definition) is 0. The third-order valence-electron chi connectivity index (χ3n) is 3.75. The Balaban J connectivity index is 1.85. The average molecular weight is 325 g/mol. The van der Waals surface area contributed by atoms with Crippen LogP contribution in [0.5, 0.6) is 0 Å². The monoisotopic (exact) mass is 325 g/mol. The highest BCUT2D eigenvalue weighted by atomic mass is 32.2. The van der Waals surface area contributed by atoms with Gasteiger partial charge in [0.15, 0.2) is 5.82 Å². The minimum atomic E-state index is -3.85. The van der Waals surface area contributed by atoms with Crippen LogP contribution in [0, 0.1) is 19.7 Å². The van der Waals surface area contributed by atoms with Crippen LogP contribution in [0.15, 0.2) is 27.6 Å². The summed E-state index contributed by atoms with van der Waals surface area (Å²) >= 11 is 0. The number of aryl methyl sites for hydroxylation is 2. The largest absolute Gasteiger partial charge is 0.339 e. The molecule has 22 heavy (non-hydrogen) atoms. The zero-order chi connectivity index (χ0) is 15.9. The van der Waals surface area contributed by atoms with Crippen molar-refractivity contribution in [2.24, 2.45) is 0 Å². The van der Waals surface area contributed by atoms with E-state index in [4.69, 9.17) is 4.52 Å². The molecule has 0 unspecified atom stereocenters. The summed E-state index contributed by atoms with van der Waals surface area (Å²) in [5.74, 6) is 0.0713. The van der Waals surface area contributed by atoms with E-state index in [9.17, 15) is 12.8 Å². The second-order valence-corrected chi connectivity index (χ2v) is 7.37. The van der Waals surface area contributed by atoms with E-state index in [1.54, 1.807) is 19.9 Å². The molecule has 1 aromatic carbocycles. The summed E-state index contributed by atoms with van der Waals surface area (Å²) in [7, 11) is -3.85. The van der Waals surface area contributed by atoms with Crippen LogP contribution >= 0.6 is 0 Å². The molecule has 1 saturated heterocycles. The first-order chi connectivity index (χ1) is 10.4. The number of sulfonamides is 1. The minimum absolute atomic E-state index is 0.149. The molecule has 1 aromatic heterocycles. The van der Waals surface area contributed by atoms with Gasteiger partial charge in [0, 0.05) is 13.1 Å². The highest BCUT2D eigenvalue weighted by Gasteiger charge is 2.36. The maximum absolute atomic E-state index is 14.0. The van der Waals surface area contributed by atoms with Gasteiger partial charge in [-0.1, -0.05) is 11.2 Å². The standard InChI is InChI=1S/C14H16FN3O3S/c1-9-3-4-13(12(15)7-9)22(19,20)18-6-5-11(8-18)14-16-10(2)17-21-14/h3-4,7,11H,5-6,8H2,1-2H3/t11-/m1/s1. The number of nitrogens with zero attached hydrogens (tertiary/aromatic N) is 3. The summed E-state index contributed by atoms with van der Waals surface area (Å²) in [6, 6.07) is 4.12. The lowest BCUT2D eigenvalue weighted by molar-refractivity contribution is 0.351. The van der Waals surface area contributed by atoms with Gasteiger partial charge in [0.2, 0.25) is 15.9 Å². The maximum Gasteiger partial charge on any atom is 0.246 e. The molecule has 6 nitrogen and oxygen atoms in total. The van der Waals surface area contributed by atoms with Gasteiger partial charge in [-0.25, -0.2) is 12.8 Å². The molecule has 2 aromatic rings. The number of halogens is 1. The third kappa shape index (κ3) is 2.64. The highest BCUT2D eigenvalue weighted by molar-refractivity contribution is 7.89. The van der Waals surface area contributed by atoms with Crippen LogP contribution in [0.1, 0.15) is 29.6 Å². The molecule has 0 N–H and O–H groups in total. The summed E-state index contributed by atoms with van der Waals surface area (Å²) in [5, 5.41) is 3.72. The first-order valence-electron chi connectivity index (χ1n) is 6.94. The number of hydrogen-bond acceptors (Lipinski definition) is 5. The van der Waals surface area contributed by atoms with E-state index in [2.05, 4.69) is 10.1 Å². The number of benzene rings is 1. The predicted octanol–water partition coefficient (Wildman–Crippen LogP) is 2.00. The molecule has 0 amide bonds. The summed E-state index contributed by atoms with van der Waals surface area (Å²) in [4.78, 5) is 3.85. The van der Waals surface area contributed by atoms with Crippen molar-refractivity contribution >= 4 is 10.0 Å². The molecular weight excluding hydrogens is 309 g/mol. The van der Waals surface area contributed by atoms with Gasteiger partial charge in [0.25, 0.3) is 0 Å². The molecule has 0 aliphatic carbocycles. The topological polar surface area (TPSA) is 76.3 Å². The van der Waals surface area contributed by atoms with Crippen LogP contribution in [0.3, 0.4) is 0 Å². The lowest BCUT2D eigenvalue weighted by Crippen LogP contribution is -2.29. The molecule has 1 aliphatic rings. The van der Waals surface area contributed by atoms with E-state index in [0.717, 1.165) is 0 Å². The van der Waals surface area contributed by atoms with Gasteiger partial charge in [-0.3, -0.25) is 0 Å². The Morgan fingerprint density at radius 1 is 1.36 bits per heavy atom. The summed E-state index contributed by atoms with van der Waals surface area (Å²) < 4.78 is 45.5. The van der Waals surface area contributed by atoms with Crippen molar-refractivity contribution in [3.8, 4) is 0 Å². The molecule has 0 saturated carbocycles. The molecule has 1 fully saturated rings. The van der Waals surface area contributed by atoms with Crippen LogP contribution in [0.4, 0.5) is 4.39 Å². The molecule has 0 radical (unpaired) electrons. The fourth-order valence-corrected chi connectivity index (χ4v) is 4.13. The quantitative estimate of drug-likeness (QED) is 0.863. The van der Waals surface area contributed by atoms with Crippen LogP contribution in [0.2, 0.25) is 0 Å². The molecule has 118 valence electrons. The fraction of sp³-hybridized carbons (Fsp3) is 0.429. The van der Waals surface area contributed by atoms with Gasteiger partial charge in [0.1, 0.15) is 10.7 Å². The van der Waals surface area contributed by atoms with Crippen LogP contribution in [-0.4, -0.2) is 36.0 Å². The highest BCUT2D eigenvalue weighted by Crippen LogP contribution is 2.31. The van der Waals surface area contributed by atoms with Crippen molar-refractivity contribution in [1.29, 1.82) is 0 Å². The fourth-order valence-electron chi connectivity index (χ4n) is 2.58. The maximum atomic E-state index is 14.0. The average Bonchev–Trinajstić information content (AvgIpc) is 3.06. The Labute approximate surface area is 128 Å². The molecule has 0 bridgehead atoms. The lowest BCUT2D eigenvalue weighted by atomic mass is 10.1.